The van der Waals surface area contributed by atoms with Crippen molar-refractivity contribution in [3.8, 4) is 0 Å². The van der Waals surface area contributed by atoms with Crippen molar-refractivity contribution in [1.29, 1.82) is 0 Å². The third-order valence-electron chi connectivity index (χ3n) is 2.33. The molecule has 2 aromatic rings. The van der Waals surface area contributed by atoms with Crippen LogP contribution in [0.5, 0.6) is 0 Å². The molecule has 0 bridgehead atoms. The molecular formula is C10H13N5O. The highest BCUT2D eigenvalue weighted by molar-refractivity contribution is 5.92. The van der Waals surface area contributed by atoms with Crippen LogP contribution < -0.4 is 5.32 Å². The van der Waals surface area contributed by atoms with E-state index in [1.807, 2.05) is 6.92 Å². The maximum Gasteiger partial charge on any atom is 0.270 e. The molecular weight excluding hydrogens is 206 g/mol. The van der Waals surface area contributed by atoms with Gasteiger partial charge in [0.1, 0.15) is 11.5 Å². The fourth-order valence-corrected chi connectivity index (χ4v) is 1.43. The molecule has 0 radical (unpaired) electrons. The number of imidazole rings is 2. The zero-order chi connectivity index (χ0) is 11.5. The number of aromatic nitrogens is 4. The molecule has 0 aliphatic heterocycles. The number of aromatic amines is 1. The number of nitrogens with zero attached hydrogens (tertiary/aromatic N) is 3. The maximum atomic E-state index is 11.8. The van der Waals surface area contributed by atoms with Gasteiger partial charge in [0.05, 0.1) is 18.6 Å². The van der Waals surface area contributed by atoms with Gasteiger partial charge < -0.3 is 14.9 Å². The van der Waals surface area contributed by atoms with Gasteiger partial charge in [0.25, 0.3) is 5.91 Å². The number of H-pyrrole nitrogens is 1. The Labute approximate surface area is 92.7 Å². The van der Waals surface area contributed by atoms with E-state index < -0.39 is 0 Å². The summed E-state index contributed by atoms with van der Waals surface area (Å²) in [6.45, 7) is 1.87. The van der Waals surface area contributed by atoms with Crippen molar-refractivity contribution in [2.75, 3.05) is 0 Å². The maximum absolute atomic E-state index is 11.8. The topological polar surface area (TPSA) is 75.6 Å². The highest BCUT2D eigenvalue weighted by Crippen LogP contribution is 2.06. The lowest BCUT2D eigenvalue weighted by Crippen LogP contribution is -2.28. The Morgan fingerprint density at radius 1 is 1.62 bits per heavy atom. The van der Waals surface area contributed by atoms with Crippen LogP contribution in [0.25, 0.3) is 0 Å². The number of hydrogen-bond acceptors (Lipinski definition) is 3. The minimum atomic E-state index is -0.163. The number of amides is 1. The van der Waals surface area contributed by atoms with Gasteiger partial charge in [-0.05, 0) is 6.92 Å². The van der Waals surface area contributed by atoms with Crippen molar-refractivity contribution < 1.29 is 4.79 Å². The van der Waals surface area contributed by atoms with E-state index in [1.165, 1.54) is 6.20 Å². The Kier molecular flexibility index (Phi) is 2.72. The Balaban J connectivity index is 2.06. The minimum Gasteiger partial charge on any atom is -0.347 e. The van der Waals surface area contributed by atoms with Crippen molar-refractivity contribution in [1.82, 2.24) is 24.8 Å². The van der Waals surface area contributed by atoms with Crippen molar-refractivity contribution in [2.24, 2.45) is 7.05 Å². The lowest BCUT2D eigenvalue weighted by Gasteiger charge is -2.11. The van der Waals surface area contributed by atoms with E-state index in [4.69, 9.17) is 0 Å². The highest BCUT2D eigenvalue weighted by atomic mass is 16.2. The largest absolute Gasteiger partial charge is 0.347 e. The van der Waals surface area contributed by atoms with Crippen molar-refractivity contribution in [3.05, 3.63) is 36.4 Å². The Morgan fingerprint density at radius 3 is 3.00 bits per heavy atom. The second-order valence-electron chi connectivity index (χ2n) is 3.56. The predicted molar refractivity (Wildman–Crippen MR) is 57.7 cm³/mol. The number of nitrogens with one attached hydrogen (secondary N) is 2. The van der Waals surface area contributed by atoms with Crippen LogP contribution >= 0.6 is 0 Å². The molecule has 6 nitrogen and oxygen atoms in total. The van der Waals surface area contributed by atoms with Crippen molar-refractivity contribution in [3.63, 3.8) is 0 Å². The summed E-state index contributed by atoms with van der Waals surface area (Å²) in [5, 5.41) is 2.83. The van der Waals surface area contributed by atoms with Gasteiger partial charge in [-0.1, -0.05) is 0 Å². The second-order valence-corrected chi connectivity index (χ2v) is 3.56. The van der Waals surface area contributed by atoms with Gasteiger partial charge in [0.2, 0.25) is 0 Å². The molecule has 0 saturated heterocycles. The fraction of sp³-hybridized carbons (Fsp3) is 0.300. The van der Waals surface area contributed by atoms with Crippen LogP contribution in [0.15, 0.2) is 24.9 Å². The Bertz CT molecular complexity index is 473. The van der Waals surface area contributed by atoms with Crippen LogP contribution in [0.1, 0.15) is 29.3 Å². The molecule has 0 aromatic carbocycles. The fourth-order valence-electron chi connectivity index (χ4n) is 1.43. The molecule has 0 fully saturated rings. The third-order valence-corrected chi connectivity index (χ3v) is 2.33. The molecule has 6 heteroatoms. The average molecular weight is 219 g/mol. The van der Waals surface area contributed by atoms with Crippen LogP contribution in [-0.4, -0.2) is 25.4 Å². The summed E-state index contributed by atoms with van der Waals surface area (Å²) >= 11 is 0. The van der Waals surface area contributed by atoms with Crippen LogP contribution in [0.2, 0.25) is 0 Å². The molecule has 1 amide bonds. The zero-order valence-corrected chi connectivity index (χ0v) is 9.14. The summed E-state index contributed by atoms with van der Waals surface area (Å²) in [6.07, 6.45) is 6.50. The summed E-state index contributed by atoms with van der Waals surface area (Å²) in [6, 6.07) is -0.155. The quantitative estimate of drug-likeness (QED) is 0.795. The first kappa shape index (κ1) is 10.4. The van der Waals surface area contributed by atoms with Gasteiger partial charge in [0, 0.05) is 19.4 Å². The second kappa shape index (κ2) is 4.18. The average Bonchev–Trinajstić information content (AvgIpc) is 2.86. The number of hydrogen-bond donors (Lipinski definition) is 2. The van der Waals surface area contributed by atoms with E-state index in [2.05, 4.69) is 20.3 Å². The number of aryl methyl sites for hydroxylation is 1. The normalized spacial score (nSPS) is 12.4. The van der Waals surface area contributed by atoms with E-state index in [0.29, 0.717) is 5.69 Å². The first-order valence-corrected chi connectivity index (χ1v) is 4.95. The smallest absolute Gasteiger partial charge is 0.270 e. The minimum absolute atomic E-state index is 0.155. The molecule has 2 rings (SSSR count). The molecule has 0 aliphatic carbocycles. The summed E-state index contributed by atoms with van der Waals surface area (Å²) in [4.78, 5) is 22.7. The lowest BCUT2D eigenvalue weighted by molar-refractivity contribution is 0.0930. The third kappa shape index (κ3) is 1.95. The van der Waals surface area contributed by atoms with Crippen molar-refractivity contribution >= 4 is 5.91 Å². The predicted octanol–water partition coefficient (Wildman–Crippen LogP) is 0.634. The van der Waals surface area contributed by atoms with Crippen LogP contribution in [0.4, 0.5) is 0 Å². The monoisotopic (exact) mass is 219 g/mol. The molecule has 16 heavy (non-hydrogen) atoms. The number of carbonyl (C=O) groups is 1. The van der Waals surface area contributed by atoms with Gasteiger partial charge in [-0.2, -0.15) is 0 Å². The Hall–Kier alpha value is -2.11. The summed E-state index contributed by atoms with van der Waals surface area (Å²) in [7, 11) is 1.78. The van der Waals surface area contributed by atoms with E-state index >= 15 is 0 Å². The molecule has 2 N–H and O–H groups in total. The standard InChI is InChI=1S/C10H13N5O/c1-7(9-12-3-4-13-9)14-10(16)8-5-11-6-15(8)2/h3-7H,1-2H3,(H,12,13)(H,14,16). The van der Waals surface area contributed by atoms with Gasteiger partial charge in [0.15, 0.2) is 0 Å². The number of carbonyl (C=O) groups excluding carboxylic acids is 1. The zero-order valence-electron chi connectivity index (χ0n) is 9.14. The van der Waals surface area contributed by atoms with Crippen LogP contribution in [0, 0.1) is 0 Å². The number of rotatable bonds is 3. The molecule has 1 unspecified atom stereocenters. The molecule has 2 heterocycles. The molecule has 84 valence electrons. The summed E-state index contributed by atoms with van der Waals surface area (Å²) in [5.41, 5.74) is 0.526. The Morgan fingerprint density at radius 2 is 2.44 bits per heavy atom. The van der Waals surface area contributed by atoms with Gasteiger partial charge in [-0.25, -0.2) is 9.97 Å². The van der Waals surface area contributed by atoms with Gasteiger partial charge in [-0.3, -0.25) is 4.79 Å². The van der Waals surface area contributed by atoms with E-state index in [1.54, 1.807) is 30.3 Å². The first-order chi connectivity index (χ1) is 7.68. The lowest BCUT2D eigenvalue weighted by atomic mass is 10.3. The van der Waals surface area contributed by atoms with Gasteiger partial charge >= 0.3 is 0 Å². The SMILES string of the molecule is CC(NC(=O)c1cncn1C)c1ncc[nH]1. The first-order valence-electron chi connectivity index (χ1n) is 4.95. The molecule has 0 aliphatic rings. The van der Waals surface area contributed by atoms with E-state index in [-0.39, 0.29) is 11.9 Å². The van der Waals surface area contributed by atoms with Gasteiger partial charge in [-0.15, -0.1) is 0 Å². The highest BCUT2D eigenvalue weighted by Gasteiger charge is 2.14. The van der Waals surface area contributed by atoms with E-state index in [9.17, 15) is 4.79 Å². The molecule has 1 atom stereocenters. The van der Waals surface area contributed by atoms with Crippen LogP contribution in [-0.2, 0) is 7.05 Å². The van der Waals surface area contributed by atoms with Crippen LogP contribution in [0.3, 0.4) is 0 Å². The summed E-state index contributed by atoms with van der Waals surface area (Å²) < 4.78 is 1.67. The summed E-state index contributed by atoms with van der Waals surface area (Å²) in [5.74, 6) is 0.569. The van der Waals surface area contributed by atoms with E-state index in [0.717, 1.165) is 5.82 Å². The molecule has 0 spiro atoms. The molecule has 2 aromatic heterocycles. The molecule has 0 saturated carbocycles. The van der Waals surface area contributed by atoms with Crippen molar-refractivity contribution in [2.45, 2.75) is 13.0 Å².